The van der Waals surface area contributed by atoms with Gasteiger partial charge in [0.25, 0.3) is 5.95 Å². The van der Waals surface area contributed by atoms with Crippen molar-refractivity contribution in [2.45, 2.75) is 20.3 Å². The molecule has 7 nitrogen and oxygen atoms in total. The zero-order valence-electron chi connectivity index (χ0n) is 14.6. The minimum Gasteiger partial charge on any atom is -0.379 e. The molecule has 0 aliphatic carbocycles. The van der Waals surface area contributed by atoms with Gasteiger partial charge in [0.2, 0.25) is 0 Å². The summed E-state index contributed by atoms with van der Waals surface area (Å²) in [7, 11) is 1.73. The Balaban J connectivity index is 1.73. The SMILES string of the molecule is CCc1ccc2nc(NC3=[NH+]C[NH+](CCOC)CN3)nc(C)c2c1. The van der Waals surface area contributed by atoms with Gasteiger partial charge in [-0.15, -0.1) is 0 Å². The summed E-state index contributed by atoms with van der Waals surface area (Å²) in [5.74, 6) is 1.46. The van der Waals surface area contributed by atoms with E-state index in [0.29, 0.717) is 5.95 Å². The smallest absolute Gasteiger partial charge is 0.359 e. The fourth-order valence-electron chi connectivity index (χ4n) is 2.78. The number of ether oxygens (including phenoxy) is 1. The lowest BCUT2D eigenvalue weighted by molar-refractivity contribution is -0.980. The van der Waals surface area contributed by atoms with Crippen molar-refractivity contribution in [2.24, 2.45) is 0 Å². The van der Waals surface area contributed by atoms with Crippen LogP contribution in [0.2, 0.25) is 0 Å². The van der Waals surface area contributed by atoms with Crippen LogP contribution in [0, 0.1) is 6.92 Å². The fraction of sp³-hybridized carbons (Fsp3) is 0.471. The Kier molecular flexibility index (Phi) is 5.22. The van der Waals surface area contributed by atoms with Crippen LogP contribution in [0.15, 0.2) is 18.2 Å². The van der Waals surface area contributed by atoms with Crippen molar-refractivity contribution in [2.75, 3.05) is 38.9 Å². The van der Waals surface area contributed by atoms with Gasteiger partial charge in [-0.2, -0.15) is 4.98 Å². The molecular formula is C17H26N6O+2. The summed E-state index contributed by atoms with van der Waals surface area (Å²) >= 11 is 0. The molecule has 1 aromatic carbocycles. The van der Waals surface area contributed by atoms with Crippen molar-refractivity contribution >= 4 is 22.8 Å². The van der Waals surface area contributed by atoms with E-state index in [1.54, 1.807) is 7.11 Å². The Labute approximate surface area is 142 Å². The summed E-state index contributed by atoms with van der Waals surface area (Å²) in [6, 6.07) is 6.37. The molecule has 24 heavy (non-hydrogen) atoms. The number of quaternary nitrogens is 1. The van der Waals surface area contributed by atoms with E-state index >= 15 is 0 Å². The first-order valence-electron chi connectivity index (χ1n) is 8.41. The van der Waals surface area contributed by atoms with Crippen molar-refractivity contribution in [3.63, 3.8) is 0 Å². The third-order valence-electron chi connectivity index (χ3n) is 4.29. The molecule has 0 bridgehead atoms. The van der Waals surface area contributed by atoms with Crippen molar-refractivity contribution in [1.29, 1.82) is 0 Å². The number of hydrogen-bond acceptors (Lipinski definition) is 5. The topological polar surface area (TPSA) is 77.5 Å². The molecule has 0 radical (unpaired) electrons. The van der Waals surface area contributed by atoms with Crippen molar-refractivity contribution in [1.82, 2.24) is 15.3 Å². The normalized spacial score (nSPS) is 17.5. The van der Waals surface area contributed by atoms with Crippen molar-refractivity contribution in [3.05, 3.63) is 29.5 Å². The van der Waals surface area contributed by atoms with E-state index in [0.717, 1.165) is 55.5 Å². The maximum absolute atomic E-state index is 5.12. The van der Waals surface area contributed by atoms with E-state index in [1.165, 1.54) is 10.5 Å². The standard InChI is InChI=1S/C17H24N6O/c1-4-13-5-6-15-14(9-13)12(2)20-17(21-15)22-16-18-10-23(11-19-16)7-8-24-3/h5-6,9H,4,7-8,10-11H2,1-3H3,(H2,18,19,20,21,22)/p+2. The summed E-state index contributed by atoms with van der Waals surface area (Å²) in [6.07, 6.45) is 1.02. The van der Waals surface area contributed by atoms with Gasteiger partial charge in [0.1, 0.15) is 6.54 Å². The van der Waals surface area contributed by atoms with Gasteiger partial charge in [0.05, 0.1) is 17.8 Å². The molecule has 1 atom stereocenters. The highest BCUT2D eigenvalue weighted by molar-refractivity contribution is 5.89. The van der Waals surface area contributed by atoms with Crippen LogP contribution in [0.4, 0.5) is 5.95 Å². The van der Waals surface area contributed by atoms with E-state index in [9.17, 15) is 0 Å². The van der Waals surface area contributed by atoms with Crippen LogP contribution in [0.5, 0.6) is 0 Å². The molecular weight excluding hydrogens is 304 g/mol. The van der Waals surface area contributed by atoms with Crippen LogP contribution < -0.4 is 20.5 Å². The molecule has 3 rings (SSSR count). The quantitative estimate of drug-likeness (QED) is 0.531. The molecule has 128 valence electrons. The third-order valence-corrected chi connectivity index (χ3v) is 4.29. The Morgan fingerprint density at radius 2 is 2.25 bits per heavy atom. The second kappa shape index (κ2) is 7.55. The van der Waals surface area contributed by atoms with Gasteiger partial charge in [0, 0.05) is 12.5 Å². The minimum absolute atomic E-state index is 0.611. The number of guanidine groups is 1. The van der Waals surface area contributed by atoms with Gasteiger partial charge < -0.3 is 4.74 Å². The zero-order valence-corrected chi connectivity index (χ0v) is 14.6. The second-order valence-corrected chi connectivity index (χ2v) is 6.04. The van der Waals surface area contributed by atoms with Crippen LogP contribution in [0.25, 0.3) is 10.9 Å². The lowest BCUT2D eigenvalue weighted by Crippen LogP contribution is -3.24. The number of anilines is 1. The number of nitrogens with zero attached hydrogens (tertiary/aromatic N) is 2. The average Bonchev–Trinajstić information content (AvgIpc) is 2.61. The van der Waals surface area contributed by atoms with Crippen molar-refractivity contribution in [3.8, 4) is 0 Å². The third kappa shape index (κ3) is 3.80. The molecule has 7 heteroatoms. The molecule has 2 aromatic rings. The minimum atomic E-state index is 0.611. The average molecular weight is 330 g/mol. The first-order valence-corrected chi connectivity index (χ1v) is 8.41. The Morgan fingerprint density at radius 3 is 2.96 bits per heavy atom. The number of aromatic nitrogens is 2. The zero-order chi connectivity index (χ0) is 16.9. The molecule has 1 unspecified atom stereocenters. The summed E-state index contributed by atoms with van der Waals surface area (Å²) in [4.78, 5) is 13.9. The molecule has 0 amide bonds. The fourth-order valence-corrected chi connectivity index (χ4v) is 2.78. The second-order valence-electron chi connectivity index (χ2n) is 6.04. The highest BCUT2D eigenvalue weighted by atomic mass is 16.5. The number of nitrogens with one attached hydrogen (secondary N) is 4. The van der Waals surface area contributed by atoms with Gasteiger partial charge in [-0.25, -0.2) is 20.6 Å². The van der Waals surface area contributed by atoms with E-state index in [4.69, 9.17) is 4.74 Å². The molecule has 1 aliphatic rings. The van der Waals surface area contributed by atoms with Crippen LogP contribution in [-0.2, 0) is 11.2 Å². The van der Waals surface area contributed by atoms with E-state index in [1.807, 2.05) is 6.92 Å². The van der Waals surface area contributed by atoms with E-state index in [-0.39, 0.29) is 0 Å². The van der Waals surface area contributed by atoms with Crippen LogP contribution in [-0.4, -0.2) is 49.5 Å². The lowest BCUT2D eigenvalue weighted by Gasteiger charge is -2.19. The largest absolute Gasteiger partial charge is 0.379 e. The Hall–Kier alpha value is -2.25. The number of fused-ring (bicyclic) bond motifs is 1. The summed E-state index contributed by atoms with van der Waals surface area (Å²) in [5, 5.41) is 7.70. The van der Waals surface area contributed by atoms with Gasteiger partial charge >= 0.3 is 5.96 Å². The summed E-state index contributed by atoms with van der Waals surface area (Å²) in [6.45, 7) is 7.58. The van der Waals surface area contributed by atoms with Gasteiger partial charge in [-0.3, -0.25) is 4.90 Å². The highest BCUT2D eigenvalue weighted by Gasteiger charge is 2.20. The van der Waals surface area contributed by atoms with E-state index < -0.39 is 0 Å². The molecule has 1 aromatic heterocycles. The van der Waals surface area contributed by atoms with Gasteiger partial charge in [0.15, 0.2) is 13.3 Å². The summed E-state index contributed by atoms with van der Waals surface area (Å²) < 4.78 is 5.12. The maximum Gasteiger partial charge on any atom is 0.359 e. The Bertz CT molecular complexity index is 745. The molecule has 0 saturated carbocycles. The first-order chi connectivity index (χ1) is 11.7. The number of hydrogen-bond donors (Lipinski definition) is 4. The molecule has 0 fully saturated rings. The monoisotopic (exact) mass is 330 g/mol. The molecule has 0 spiro atoms. The maximum atomic E-state index is 5.12. The lowest BCUT2D eigenvalue weighted by atomic mass is 10.1. The molecule has 1 aliphatic heterocycles. The van der Waals surface area contributed by atoms with Gasteiger partial charge in [-0.1, -0.05) is 13.0 Å². The molecule has 0 saturated heterocycles. The molecule has 2 heterocycles. The first kappa shape index (κ1) is 16.6. The predicted molar refractivity (Wildman–Crippen MR) is 93.8 cm³/mol. The highest BCUT2D eigenvalue weighted by Crippen LogP contribution is 2.19. The Morgan fingerprint density at radius 1 is 1.38 bits per heavy atom. The van der Waals surface area contributed by atoms with Crippen molar-refractivity contribution < 1.29 is 14.6 Å². The van der Waals surface area contributed by atoms with Crippen LogP contribution in [0.1, 0.15) is 18.2 Å². The van der Waals surface area contributed by atoms with Gasteiger partial charge in [-0.05, 0) is 31.0 Å². The number of rotatable bonds is 5. The van der Waals surface area contributed by atoms with Crippen LogP contribution in [0.3, 0.4) is 0 Å². The predicted octanol–water partition coefficient (Wildman–Crippen LogP) is -1.60. The van der Waals surface area contributed by atoms with E-state index in [2.05, 4.69) is 50.7 Å². The number of benzene rings is 1. The van der Waals surface area contributed by atoms with Crippen LogP contribution >= 0.6 is 0 Å². The number of aryl methyl sites for hydroxylation is 2. The summed E-state index contributed by atoms with van der Waals surface area (Å²) in [5.41, 5.74) is 3.26. The number of methoxy groups -OCH3 is 1. The molecule has 4 N–H and O–H groups in total.